The van der Waals surface area contributed by atoms with Crippen LogP contribution in [0.15, 0.2) is 203 Å². The van der Waals surface area contributed by atoms with Crippen LogP contribution in [0, 0.1) is 0 Å². The lowest BCUT2D eigenvalue weighted by atomic mass is 9.69. The predicted molar refractivity (Wildman–Crippen MR) is 243 cm³/mol. The van der Waals surface area contributed by atoms with Crippen LogP contribution in [-0.4, -0.2) is 0 Å². The summed E-state index contributed by atoms with van der Waals surface area (Å²) in [6.07, 6.45) is 0. The van der Waals surface area contributed by atoms with E-state index in [1.54, 1.807) is 0 Å². The Bertz CT molecular complexity index is 3540. The minimum atomic E-state index is -0.643. The van der Waals surface area contributed by atoms with Crippen LogP contribution in [0.4, 0.5) is 0 Å². The molecule has 0 N–H and O–H groups in total. The van der Waals surface area contributed by atoms with Crippen LogP contribution >= 0.6 is 0 Å². The van der Waals surface area contributed by atoms with Gasteiger partial charge in [-0.05, 0) is 101 Å². The average Bonchev–Trinajstić information content (AvgIpc) is 4.03. The maximum atomic E-state index is 7.12. The molecule has 0 saturated carbocycles. The van der Waals surface area contributed by atoms with E-state index in [9.17, 15) is 0 Å². The maximum Gasteiger partial charge on any atom is 0.143 e. The van der Waals surface area contributed by atoms with Crippen molar-refractivity contribution in [2.45, 2.75) is 5.41 Å². The van der Waals surface area contributed by atoms with Crippen LogP contribution in [0.3, 0.4) is 0 Å². The molecule has 2 heteroatoms. The van der Waals surface area contributed by atoms with Gasteiger partial charge in [-0.3, -0.25) is 0 Å². The SMILES string of the molecule is c1ccc2c(c1)-c1ccccc1C21c2cc(-c3cccc4ccccc34)c3oc4ccccc4c3c2-c2c1cc(-c1cccc3ccccc13)c1oc3ccccc3c21. The van der Waals surface area contributed by atoms with Crippen molar-refractivity contribution in [1.82, 2.24) is 0 Å². The standard InChI is InChI=1S/C57H32O2/c1-3-19-35-33(15-1)17-13-25-37(35)43-31-47-53(51-41-23-7-11-29-49(41)58-55(43)51)54-48(57(47)45-27-9-5-21-39(45)40-22-6-10-28-46(40)57)32-44(38-26-14-18-34-16-2-4-20-36(34)38)56-52(54)42-24-8-12-30-50(42)59-56/h1-32H. The summed E-state index contributed by atoms with van der Waals surface area (Å²) >= 11 is 0. The van der Waals surface area contributed by atoms with Crippen LogP contribution in [-0.2, 0) is 5.41 Å². The number of furan rings is 2. The van der Waals surface area contributed by atoms with Gasteiger partial charge in [0.15, 0.2) is 0 Å². The molecule has 272 valence electrons. The molecule has 0 fully saturated rings. The molecular weight excluding hydrogens is 717 g/mol. The van der Waals surface area contributed by atoms with Crippen molar-refractivity contribution in [3.63, 3.8) is 0 Å². The molecule has 0 amide bonds. The molecule has 10 aromatic carbocycles. The van der Waals surface area contributed by atoms with Crippen molar-refractivity contribution in [2.24, 2.45) is 0 Å². The number of benzene rings is 10. The fourth-order valence-corrected chi connectivity index (χ4v) is 11.2. The fraction of sp³-hybridized carbons (Fsp3) is 0.0175. The molecule has 0 aliphatic heterocycles. The summed E-state index contributed by atoms with van der Waals surface area (Å²) in [6, 6.07) is 71.1. The van der Waals surface area contributed by atoms with Gasteiger partial charge in [0, 0.05) is 32.7 Å². The number of para-hydroxylation sites is 2. The van der Waals surface area contributed by atoms with Crippen molar-refractivity contribution < 1.29 is 8.83 Å². The molecule has 2 aliphatic rings. The molecule has 14 rings (SSSR count). The summed E-state index contributed by atoms with van der Waals surface area (Å²) in [7, 11) is 0. The van der Waals surface area contributed by atoms with Crippen LogP contribution < -0.4 is 0 Å². The number of hydrogen-bond acceptors (Lipinski definition) is 2. The van der Waals surface area contributed by atoms with Crippen LogP contribution in [0.25, 0.3) is 110 Å². The summed E-state index contributed by atoms with van der Waals surface area (Å²) in [5, 5.41) is 9.33. The third-order valence-corrected chi connectivity index (χ3v) is 13.5. The van der Waals surface area contributed by atoms with Gasteiger partial charge in [-0.1, -0.05) is 170 Å². The number of rotatable bonds is 2. The van der Waals surface area contributed by atoms with E-state index in [0.717, 1.165) is 66.1 Å². The highest BCUT2D eigenvalue weighted by Gasteiger charge is 2.54. The van der Waals surface area contributed by atoms with E-state index in [1.165, 1.54) is 66.1 Å². The molecule has 12 aromatic rings. The highest BCUT2D eigenvalue weighted by atomic mass is 16.3. The largest absolute Gasteiger partial charge is 0.455 e. The number of hydrogen-bond donors (Lipinski definition) is 0. The average molecular weight is 749 g/mol. The second-order valence-electron chi connectivity index (χ2n) is 16.2. The normalized spacial score (nSPS) is 13.6. The molecule has 2 nitrogen and oxygen atoms in total. The topological polar surface area (TPSA) is 26.3 Å². The summed E-state index contributed by atoms with van der Waals surface area (Å²) in [5.74, 6) is 0. The van der Waals surface area contributed by atoms with Crippen molar-refractivity contribution in [3.8, 4) is 44.5 Å². The molecule has 0 bridgehead atoms. The smallest absolute Gasteiger partial charge is 0.143 e. The first-order chi connectivity index (χ1) is 29.3. The van der Waals surface area contributed by atoms with Crippen molar-refractivity contribution in [3.05, 3.63) is 216 Å². The Balaban J connectivity index is 1.27. The Hall–Kier alpha value is -7.68. The number of fused-ring (bicyclic) bond motifs is 20. The lowest BCUT2D eigenvalue weighted by Crippen LogP contribution is -2.26. The molecule has 0 unspecified atom stereocenters. The van der Waals surface area contributed by atoms with E-state index in [4.69, 9.17) is 8.83 Å². The van der Waals surface area contributed by atoms with E-state index in [2.05, 4.69) is 194 Å². The zero-order chi connectivity index (χ0) is 38.4. The molecule has 2 aromatic heterocycles. The second kappa shape index (κ2) is 11.2. The molecule has 0 saturated heterocycles. The van der Waals surface area contributed by atoms with Crippen LogP contribution in [0.1, 0.15) is 22.3 Å². The van der Waals surface area contributed by atoms with Gasteiger partial charge in [0.25, 0.3) is 0 Å². The molecule has 0 atom stereocenters. The van der Waals surface area contributed by atoms with E-state index in [-0.39, 0.29) is 0 Å². The fourth-order valence-electron chi connectivity index (χ4n) is 11.2. The molecule has 2 heterocycles. The summed E-state index contributed by atoms with van der Waals surface area (Å²) in [5.41, 5.74) is 17.6. The Kier molecular flexibility index (Phi) is 5.99. The quantitative estimate of drug-likeness (QED) is 0.176. The minimum absolute atomic E-state index is 0.643. The van der Waals surface area contributed by atoms with E-state index < -0.39 is 5.41 Å². The summed E-state index contributed by atoms with van der Waals surface area (Å²) in [6.45, 7) is 0. The highest BCUT2D eigenvalue weighted by molar-refractivity contribution is 6.27. The monoisotopic (exact) mass is 748 g/mol. The first-order valence-corrected chi connectivity index (χ1v) is 20.4. The van der Waals surface area contributed by atoms with E-state index in [1.807, 2.05) is 0 Å². The van der Waals surface area contributed by atoms with Gasteiger partial charge < -0.3 is 8.83 Å². The molecule has 0 radical (unpaired) electrons. The van der Waals surface area contributed by atoms with Gasteiger partial charge in [-0.2, -0.15) is 0 Å². The Morgan fingerprint density at radius 3 is 1.15 bits per heavy atom. The molecule has 59 heavy (non-hydrogen) atoms. The van der Waals surface area contributed by atoms with E-state index in [0.29, 0.717) is 0 Å². The Morgan fingerprint density at radius 2 is 0.661 bits per heavy atom. The third kappa shape index (κ3) is 3.87. The van der Waals surface area contributed by atoms with Gasteiger partial charge in [0.05, 0.1) is 5.41 Å². The Labute approximate surface area is 339 Å². The molecule has 2 aliphatic carbocycles. The lowest BCUT2D eigenvalue weighted by molar-refractivity contribution is 0.669. The van der Waals surface area contributed by atoms with Gasteiger partial charge in [-0.15, -0.1) is 0 Å². The first kappa shape index (κ1) is 31.4. The minimum Gasteiger partial charge on any atom is -0.455 e. The summed E-state index contributed by atoms with van der Waals surface area (Å²) in [4.78, 5) is 0. The summed E-state index contributed by atoms with van der Waals surface area (Å²) < 4.78 is 14.2. The van der Waals surface area contributed by atoms with Gasteiger partial charge in [0.2, 0.25) is 0 Å². The van der Waals surface area contributed by atoms with Gasteiger partial charge >= 0.3 is 0 Å². The van der Waals surface area contributed by atoms with Crippen LogP contribution in [0.5, 0.6) is 0 Å². The Morgan fingerprint density at radius 1 is 0.288 bits per heavy atom. The van der Waals surface area contributed by atoms with Gasteiger partial charge in [-0.25, -0.2) is 0 Å². The predicted octanol–water partition coefficient (Wildman–Crippen LogP) is 15.5. The molecular formula is C57H32O2. The van der Waals surface area contributed by atoms with Gasteiger partial charge in [0.1, 0.15) is 22.3 Å². The van der Waals surface area contributed by atoms with E-state index >= 15 is 0 Å². The van der Waals surface area contributed by atoms with Crippen molar-refractivity contribution >= 4 is 65.4 Å². The third-order valence-electron chi connectivity index (χ3n) is 13.5. The van der Waals surface area contributed by atoms with Crippen molar-refractivity contribution in [2.75, 3.05) is 0 Å². The highest BCUT2D eigenvalue weighted by Crippen LogP contribution is 2.67. The zero-order valence-corrected chi connectivity index (χ0v) is 31.8. The first-order valence-electron chi connectivity index (χ1n) is 20.4. The second-order valence-corrected chi connectivity index (χ2v) is 16.2. The zero-order valence-electron chi connectivity index (χ0n) is 31.8. The maximum absolute atomic E-state index is 7.12. The van der Waals surface area contributed by atoms with Crippen LogP contribution in [0.2, 0.25) is 0 Å². The lowest BCUT2D eigenvalue weighted by Gasteiger charge is -2.31. The van der Waals surface area contributed by atoms with Crippen molar-refractivity contribution in [1.29, 1.82) is 0 Å². The molecule has 1 spiro atoms.